The maximum absolute atomic E-state index is 14.6. The molecule has 0 saturated carbocycles. The second kappa shape index (κ2) is 24.7. The third kappa shape index (κ3) is 13.7. The highest BCUT2D eigenvalue weighted by molar-refractivity contribution is 6.00. The molecule has 2 aliphatic heterocycles. The van der Waals surface area contributed by atoms with Gasteiger partial charge in [-0.1, -0.05) is 126 Å². The Balaban J connectivity index is 1.05. The Morgan fingerprint density at radius 1 is 0.500 bits per heavy atom. The Labute approximate surface area is 457 Å². The molecule has 0 unspecified atom stereocenters. The van der Waals surface area contributed by atoms with Crippen LogP contribution in [0.25, 0.3) is 21.5 Å². The smallest absolute Gasteiger partial charge is 0.251 e. The van der Waals surface area contributed by atoms with Gasteiger partial charge in [0.2, 0.25) is 35.4 Å². The number of hydrogen-bond donors (Lipinski definition) is 8. The molecule has 2 saturated heterocycles. The van der Waals surface area contributed by atoms with Gasteiger partial charge in [0.1, 0.15) is 24.2 Å². The van der Waals surface area contributed by atoms with Gasteiger partial charge in [0.05, 0.1) is 12.1 Å². The van der Waals surface area contributed by atoms with E-state index in [0.29, 0.717) is 0 Å². The van der Waals surface area contributed by atoms with Gasteiger partial charge in [0.25, 0.3) is 11.8 Å². The van der Waals surface area contributed by atoms with Crippen molar-refractivity contribution < 1.29 is 38.4 Å². The van der Waals surface area contributed by atoms with Crippen LogP contribution in [-0.4, -0.2) is 133 Å². The Morgan fingerprint density at radius 2 is 0.846 bits per heavy atom. The van der Waals surface area contributed by atoms with Gasteiger partial charge in [-0.15, -0.1) is 0 Å². The molecule has 414 valence electrons. The van der Waals surface area contributed by atoms with E-state index in [9.17, 15) is 38.4 Å². The van der Waals surface area contributed by atoms with Crippen LogP contribution in [0.1, 0.15) is 100 Å². The summed E-state index contributed by atoms with van der Waals surface area (Å²) < 4.78 is 0. The van der Waals surface area contributed by atoms with Crippen molar-refractivity contribution in [3.8, 4) is 0 Å². The number of amides is 8. The van der Waals surface area contributed by atoms with Crippen molar-refractivity contribution in [1.29, 1.82) is 0 Å². The van der Waals surface area contributed by atoms with Crippen LogP contribution in [0, 0.1) is 10.8 Å². The topological polar surface area (TPSA) is 239 Å². The molecule has 0 aliphatic carbocycles. The number of benzene rings is 5. The van der Waals surface area contributed by atoms with Crippen molar-refractivity contribution >= 4 is 68.8 Å². The van der Waals surface area contributed by atoms with Gasteiger partial charge in [-0.2, -0.15) is 0 Å². The second-order valence-electron chi connectivity index (χ2n) is 22.8. The van der Waals surface area contributed by atoms with E-state index in [0.717, 1.165) is 32.7 Å². The normalized spacial score (nSPS) is 19.1. The molecule has 8 N–H and O–H groups in total. The number of hydrogen-bond acceptors (Lipinski definition) is 10. The molecule has 0 bridgehead atoms. The summed E-state index contributed by atoms with van der Waals surface area (Å²) in [6.07, 6.45) is 0.191. The molecular formula is C60H76N10O8. The maximum Gasteiger partial charge on any atom is 0.251 e. The van der Waals surface area contributed by atoms with E-state index >= 15 is 0 Å². The Kier molecular flexibility index (Phi) is 18.4. The number of nitrogens with zero attached hydrogens (tertiary/aromatic N) is 2. The molecule has 78 heavy (non-hydrogen) atoms. The average Bonchev–Trinajstić information content (AvgIpc) is 4.05. The SMILES string of the molecule is CN[C@@H](C)C(=O)N[C@H](C(=O)N1C[C@@H](NC(=O)c2ccc(C(=O)N[C@H]3C[C@@H](C(=O)NCc4cccc5ccccc45)N(C(=O)[C@@H](NC(=O)[C@H](C)NC)C(C)(C)C)C3)cc2)C[C@H]1C(=O)NCc1cccc2ccccc12)C(C)(C)C. The number of fused-ring (bicyclic) bond motifs is 2. The zero-order chi connectivity index (χ0) is 56.6. The van der Waals surface area contributed by atoms with Crippen LogP contribution >= 0.6 is 0 Å². The largest absolute Gasteiger partial charge is 0.350 e. The van der Waals surface area contributed by atoms with Crippen LogP contribution in [0.3, 0.4) is 0 Å². The van der Waals surface area contributed by atoms with Crippen LogP contribution in [0.4, 0.5) is 0 Å². The first kappa shape index (κ1) is 58.0. The number of carbonyl (C=O) groups is 8. The summed E-state index contributed by atoms with van der Waals surface area (Å²) in [5.41, 5.74) is 0.736. The first-order valence-electron chi connectivity index (χ1n) is 26.8. The Morgan fingerprint density at radius 3 is 1.19 bits per heavy atom. The zero-order valence-corrected chi connectivity index (χ0v) is 46.4. The summed E-state index contributed by atoms with van der Waals surface area (Å²) in [6.45, 7) is 14.7. The van der Waals surface area contributed by atoms with Crippen LogP contribution < -0.4 is 42.5 Å². The number of carbonyl (C=O) groups excluding carboxylic acids is 8. The molecule has 8 amide bonds. The molecule has 2 fully saturated rings. The van der Waals surface area contributed by atoms with E-state index in [4.69, 9.17) is 0 Å². The lowest BCUT2D eigenvalue weighted by atomic mass is 9.85. The third-order valence-corrected chi connectivity index (χ3v) is 15.0. The average molecular weight is 1070 g/mol. The third-order valence-electron chi connectivity index (χ3n) is 15.0. The van der Waals surface area contributed by atoms with Crippen LogP contribution in [0.5, 0.6) is 0 Å². The molecule has 8 atom stereocenters. The molecule has 5 aromatic rings. The van der Waals surface area contributed by atoms with Gasteiger partial charge in [0.15, 0.2) is 0 Å². The molecule has 5 aromatic carbocycles. The van der Waals surface area contributed by atoms with Crippen molar-refractivity contribution in [3.05, 3.63) is 131 Å². The molecule has 18 heteroatoms. The summed E-state index contributed by atoms with van der Waals surface area (Å²) in [6, 6.07) is 26.9. The van der Waals surface area contributed by atoms with Crippen LogP contribution in [0.15, 0.2) is 109 Å². The number of nitrogens with one attached hydrogen (secondary N) is 8. The van der Waals surface area contributed by atoms with E-state index in [1.54, 1.807) is 27.9 Å². The molecule has 2 heterocycles. The quantitative estimate of drug-likeness (QED) is 0.0619. The minimum absolute atomic E-state index is 0.0114. The number of likely N-dealkylation sites (tertiary alicyclic amines) is 2. The highest BCUT2D eigenvalue weighted by atomic mass is 16.2. The van der Waals surface area contributed by atoms with Crippen molar-refractivity contribution in [2.24, 2.45) is 10.8 Å². The van der Waals surface area contributed by atoms with E-state index in [-0.39, 0.29) is 62.0 Å². The van der Waals surface area contributed by atoms with Crippen LogP contribution in [-0.2, 0) is 41.9 Å². The lowest BCUT2D eigenvalue weighted by Gasteiger charge is -2.36. The summed E-state index contributed by atoms with van der Waals surface area (Å²) in [5, 5.41) is 27.7. The molecule has 2 aliphatic rings. The predicted octanol–water partition coefficient (Wildman–Crippen LogP) is 4.30. The van der Waals surface area contributed by atoms with E-state index in [1.807, 2.05) is 126 Å². The van der Waals surface area contributed by atoms with Crippen molar-refractivity contribution in [2.75, 3.05) is 27.2 Å². The molecule has 7 rings (SSSR count). The summed E-state index contributed by atoms with van der Waals surface area (Å²) in [7, 11) is 3.29. The van der Waals surface area contributed by atoms with Crippen LogP contribution in [0.2, 0.25) is 0 Å². The Bertz CT molecular complexity index is 2830. The highest BCUT2D eigenvalue weighted by Crippen LogP contribution is 2.30. The second-order valence-corrected chi connectivity index (χ2v) is 22.8. The van der Waals surface area contributed by atoms with Gasteiger partial charge in [-0.05, 0) is 109 Å². The lowest BCUT2D eigenvalue weighted by molar-refractivity contribution is -0.144. The number of likely N-dealkylation sites (N-methyl/N-ethyl adjacent to an activating group) is 2. The van der Waals surface area contributed by atoms with Gasteiger partial charge in [0, 0.05) is 49.4 Å². The van der Waals surface area contributed by atoms with E-state index < -0.39 is 94.6 Å². The molecule has 0 spiro atoms. The van der Waals surface area contributed by atoms with Gasteiger partial charge < -0.3 is 52.3 Å². The summed E-state index contributed by atoms with van der Waals surface area (Å²) in [4.78, 5) is 115. The van der Waals surface area contributed by atoms with Gasteiger partial charge >= 0.3 is 0 Å². The fourth-order valence-corrected chi connectivity index (χ4v) is 10.1. The monoisotopic (exact) mass is 1060 g/mol. The first-order chi connectivity index (χ1) is 37.0. The summed E-state index contributed by atoms with van der Waals surface area (Å²) in [5.74, 6) is -3.48. The maximum atomic E-state index is 14.6. The predicted molar refractivity (Wildman–Crippen MR) is 301 cm³/mol. The molecule has 18 nitrogen and oxygen atoms in total. The first-order valence-corrected chi connectivity index (χ1v) is 26.8. The fraction of sp³-hybridized carbons (Fsp3) is 0.433. The molecular weight excluding hydrogens is 989 g/mol. The molecule has 0 aromatic heterocycles. The zero-order valence-electron chi connectivity index (χ0n) is 46.4. The standard InChI is InChI=1S/C60H76N10O8/c1-35(61-9)51(71)67-49(59(3,4)5)57(77)69-33-43(29-47(69)55(75)63-31-41-21-15-19-37-17-11-13-23-45(37)41)65-53(73)39-25-27-40(28-26-39)54(74)66-44-30-48(56(76)64-32-42-22-16-20-38-18-12-14-24-46(38)42)70(34-44)58(78)50(60(6,7)8)68-52(72)36(2)62-10/h11-28,35-36,43-44,47-50,61-62H,29-34H2,1-10H3,(H,63,75)(H,64,76)(H,65,73)(H,66,74)(H,67,71)(H,68,72)/t35-,36-,43-,44-,47-,48-,49+,50+/m0/s1. The lowest BCUT2D eigenvalue weighted by Crippen LogP contribution is -2.59. The van der Waals surface area contributed by atoms with Crippen molar-refractivity contribution in [1.82, 2.24) is 52.3 Å². The van der Waals surface area contributed by atoms with E-state index in [2.05, 4.69) is 42.5 Å². The fourth-order valence-electron chi connectivity index (χ4n) is 10.1. The minimum atomic E-state index is -1.00. The minimum Gasteiger partial charge on any atom is -0.350 e. The highest BCUT2D eigenvalue weighted by Gasteiger charge is 2.47. The molecule has 0 radical (unpaired) electrons. The number of rotatable bonds is 18. The summed E-state index contributed by atoms with van der Waals surface area (Å²) >= 11 is 0. The van der Waals surface area contributed by atoms with Crippen molar-refractivity contribution in [3.63, 3.8) is 0 Å². The van der Waals surface area contributed by atoms with Crippen molar-refractivity contribution in [2.45, 2.75) is 130 Å². The Hall–Kier alpha value is -7.70. The van der Waals surface area contributed by atoms with Gasteiger partial charge in [-0.25, -0.2) is 0 Å². The van der Waals surface area contributed by atoms with E-state index in [1.165, 1.54) is 34.1 Å². The van der Waals surface area contributed by atoms with Gasteiger partial charge in [-0.3, -0.25) is 38.4 Å².